The van der Waals surface area contributed by atoms with Crippen LogP contribution in [0.4, 0.5) is 0 Å². The van der Waals surface area contributed by atoms with Crippen LogP contribution in [-0.2, 0) is 4.79 Å². The van der Waals surface area contributed by atoms with Gasteiger partial charge in [0, 0.05) is 18.3 Å². The summed E-state index contributed by atoms with van der Waals surface area (Å²) in [5.74, 6) is -0.219. The lowest BCUT2D eigenvalue weighted by molar-refractivity contribution is -0.119. The van der Waals surface area contributed by atoms with Gasteiger partial charge in [-0.15, -0.1) is 11.3 Å². The predicted octanol–water partition coefficient (Wildman–Crippen LogP) is 0.587. The maximum absolute atomic E-state index is 10.6. The molecule has 1 rings (SSSR count). The highest BCUT2D eigenvalue weighted by Crippen LogP contribution is 2.23. The smallest absolute Gasteiger partial charge is 0.216 e. The fourth-order valence-electron chi connectivity index (χ4n) is 1.16. The second kappa shape index (κ2) is 5.25. The van der Waals surface area contributed by atoms with Crippen molar-refractivity contribution < 1.29 is 15.0 Å². The number of hydrogen-bond acceptors (Lipinski definition) is 4. The number of amides is 1. The number of aryl methyl sites for hydroxylation is 1. The zero-order valence-corrected chi connectivity index (χ0v) is 9.54. The largest absolute Gasteiger partial charge is 0.388 e. The first-order chi connectivity index (χ1) is 7.00. The summed E-state index contributed by atoms with van der Waals surface area (Å²) in [5.41, 5.74) is 1.06. The Labute approximate surface area is 92.6 Å². The summed E-state index contributed by atoms with van der Waals surface area (Å²) in [7, 11) is 0. The van der Waals surface area contributed by atoms with Gasteiger partial charge in [-0.05, 0) is 23.9 Å². The van der Waals surface area contributed by atoms with Crippen molar-refractivity contribution in [2.45, 2.75) is 26.1 Å². The molecule has 0 spiro atoms. The van der Waals surface area contributed by atoms with E-state index in [0.29, 0.717) is 4.88 Å². The summed E-state index contributed by atoms with van der Waals surface area (Å²) < 4.78 is 0. The van der Waals surface area contributed by atoms with Crippen molar-refractivity contribution in [2.75, 3.05) is 6.54 Å². The van der Waals surface area contributed by atoms with E-state index in [9.17, 15) is 15.0 Å². The molecule has 0 bridgehead atoms. The molecule has 2 atom stereocenters. The first-order valence-electron chi connectivity index (χ1n) is 4.66. The predicted molar refractivity (Wildman–Crippen MR) is 58.7 cm³/mol. The van der Waals surface area contributed by atoms with Crippen LogP contribution < -0.4 is 5.32 Å². The molecule has 0 saturated heterocycles. The van der Waals surface area contributed by atoms with Crippen LogP contribution in [0.5, 0.6) is 0 Å². The van der Waals surface area contributed by atoms with Crippen LogP contribution in [0.15, 0.2) is 11.4 Å². The number of rotatable bonds is 4. The maximum atomic E-state index is 10.6. The molecule has 0 saturated carbocycles. The van der Waals surface area contributed by atoms with E-state index in [4.69, 9.17) is 0 Å². The highest BCUT2D eigenvalue weighted by Gasteiger charge is 2.19. The Morgan fingerprint density at radius 1 is 1.60 bits per heavy atom. The Morgan fingerprint density at radius 3 is 2.73 bits per heavy atom. The summed E-state index contributed by atoms with van der Waals surface area (Å²) >= 11 is 1.40. The molecular weight excluding hydrogens is 214 g/mol. The summed E-state index contributed by atoms with van der Waals surface area (Å²) in [6, 6.07) is 1.83. The number of carbonyl (C=O) groups excluding carboxylic acids is 1. The van der Waals surface area contributed by atoms with Crippen molar-refractivity contribution >= 4 is 17.2 Å². The van der Waals surface area contributed by atoms with Gasteiger partial charge in [0.1, 0.15) is 12.2 Å². The van der Waals surface area contributed by atoms with Gasteiger partial charge in [0.25, 0.3) is 0 Å². The molecule has 4 nitrogen and oxygen atoms in total. The Morgan fingerprint density at radius 2 is 2.27 bits per heavy atom. The minimum Gasteiger partial charge on any atom is -0.388 e. The van der Waals surface area contributed by atoms with E-state index < -0.39 is 12.2 Å². The second-order valence-corrected chi connectivity index (χ2v) is 4.42. The number of aliphatic hydroxyl groups is 2. The minimum atomic E-state index is -0.966. The first-order valence-corrected chi connectivity index (χ1v) is 5.54. The van der Waals surface area contributed by atoms with Crippen molar-refractivity contribution in [3.8, 4) is 0 Å². The van der Waals surface area contributed by atoms with E-state index in [1.807, 2.05) is 18.4 Å². The van der Waals surface area contributed by atoms with Crippen LogP contribution in [0.1, 0.15) is 23.5 Å². The normalized spacial score (nSPS) is 14.7. The van der Waals surface area contributed by atoms with Gasteiger partial charge < -0.3 is 15.5 Å². The molecule has 1 aromatic heterocycles. The molecule has 84 valence electrons. The molecule has 0 aliphatic rings. The Balaban J connectivity index is 2.52. The molecule has 3 N–H and O–H groups in total. The number of hydrogen-bond donors (Lipinski definition) is 3. The summed E-state index contributed by atoms with van der Waals surface area (Å²) in [6.07, 6.45) is -1.90. The third kappa shape index (κ3) is 3.62. The standard InChI is InChI=1S/C10H15NO3S/c1-6-3-9(15-5-6)10(14)8(13)4-11-7(2)12/h3,5,8,10,13-14H,4H2,1-2H3,(H,11,12). The summed E-state index contributed by atoms with van der Waals surface area (Å²) in [4.78, 5) is 11.3. The molecule has 0 aromatic carbocycles. The van der Waals surface area contributed by atoms with Gasteiger partial charge >= 0.3 is 0 Å². The van der Waals surface area contributed by atoms with Gasteiger partial charge in [0.15, 0.2) is 0 Å². The van der Waals surface area contributed by atoms with Gasteiger partial charge in [-0.25, -0.2) is 0 Å². The summed E-state index contributed by atoms with van der Waals surface area (Å²) in [6.45, 7) is 3.36. The fraction of sp³-hybridized carbons (Fsp3) is 0.500. The lowest BCUT2D eigenvalue weighted by Crippen LogP contribution is -2.33. The number of aliphatic hydroxyl groups excluding tert-OH is 2. The van der Waals surface area contributed by atoms with Gasteiger partial charge in [0.05, 0.1) is 0 Å². The molecule has 15 heavy (non-hydrogen) atoms. The molecule has 5 heteroatoms. The average Bonchev–Trinajstić information content (AvgIpc) is 2.60. The molecule has 0 fully saturated rings. The van der Waals surface area contributed by atoms with E-state index in [1.54, 1.807) is 0 Å². The first kappa shape index (κ1) is 12.2. The molecule has 1 heterocycles. The van der Waals surface area contributed by atoms with Gasteiger partial charge in [-0.1, -0.05) is 0 Å². The highest BCUT2D eigenvalue weighted by molar-refractivity contribution is 7.10. The molecule has 1 aromatic rings. The molecule has 1 amide bonds. The van der Waals surface area contributed by atoms with E-state index in [2.05, 4.69) is 5.32 Å². The Hall–Kier alpha value is -0.910. The van der Waals surface area contributed by atoms with E-state index in [1.165, 1.54) is 18.3 Å². The topological polar surface area (TPSA) is 69.6 Å². The van der Waals surface area contributed by atoms with Crippen LogP contribution in [0.2, 0.25) is 0 Å². The Kier molecular flexibility index (Phi) is 4.26. The third-order valence-corrected chi connectivity index (χ3v) is 3.09. The van der Waals surface area contributed by atoms with Crippen molar-refractivity contribution in [3.63, 3.8) is 0 Å². The van der Waals surface area contributed by atoms with E-state index in [0.717, 1.165) is 5.56 Å². The maximum Gasteiger partial charge on any atom is 0.216 e. The van der Waals surface area contributed by atoms with Crippen molar-refractivity contribution in [1.82, 2.24) is 5.32 Å². The summed E-state index contributed by atoms with van der Waals surface area (Å²) in [5, 5.41) is 23.7. The van der Waals surface area contributed by atoms with Crippen LogP contribution in [-0.4, -0.2) is 28.8 Å². The van der Waals surface area contributed by atoms with Gasteiger partial charge in [-0.3, -0.25) is 4.79 Å². The quantitative estimate of drug-likeness (QED) is 0.707. The zero-order valence-electron chi connectivity index (χ0n) is 8.73. The van der Waals surface area contributed by atoms with Crippen LogP contribution >= 0.6 is 11.3 Å². The molecule has 0 radical (unpaired) electrons. The monoisotopic (exact) mass is 229 g/mol. The molecular formula is C10H15NO3S. The Bertz CT molecular complexity index is 337. The molecule has 0 aliphatic carbocycles. The highest BCUT2D eigenvalue weighted by atomic mass is 32.1. The van der Waals surface area contributed by atoms with Crippen molar-refractivity contribution in [3.05, 3.63) is 21.9 Å². The van der Waals surface area contributed by atoms with Crippen molar-refractivity contribution in [1.29, 1.82) is 0 Å². The lowest BCUT2D eigenvalue weighted by Gasteiger charge is -2.16. The van der Waals surface area contributed by atoms with Gasteiger partial charge in [0.2, 0.25) is 5.91 Å². The SMILES string of the molecule is CC(=O)NCC(O)C(O)c1cc(C)cs1. The van der Waals surface area contributed by atoms with E-state index in [-0.39, 0.29) is 12.5 Å². The second-order valence-electron chi connectivity index (χ2n) is 3.48. The van der Waals surface area contributed by atoms with Crippen LogP contribution in [0.3, 0.4) is 0 Å². The van der Waals surface area contributed by atoms with Crippen LogP contribution in [0.25, 0.3) is 0 Å². The number of carbonyl (C=O) groups is 1. The zero-order chi connectivity index (χ0) is 11.4. The molecule has 2 unspecified atom stereocenters. The minimum absolute atomic E-state index is 0.0629. The van der Waals surface area contributed by atoms with E-state index >= 15 is 0 Å². The lowest BCUT2D eigenvalue weighted by atomic mass is 10.1. The third-order valence-electron chi connectivity index (χ3n) is 1.97. The van der Waals surface area contributed by atoms with Crippen LogP contribution in [0, 0.1) is 6.92 Å². The van der Waals surface area contributed by atoms with Crippen molar-refractivity contribution in [2.24, 2.45) is 0 Å². The average molecular weight is 229 g/mol. The number of thiophene rings is 1. The molecule has 0 aliphatic heterocycles. The fourth-order valence-corrected chi connectivity index (χ4v) is 2.10. The number of nitrogens with one attached hydrogen (secondary N) is 1. The van der Waals surface area contributed by atoms with Gasteiger partial charge in [-0.2, -0.15) is 0 Å².